The molecule has 4 heteroatoms. The molecular formula is C12H10N2O2. The molecule has 0 aliphatic heterocycles. The highest BCUT2D eigenvalue weighted by molar-refractivity contribution is 5.93. The maximum absolute atomic E-state index is 11.3. The van der Waals surface area contributed by atoms with Crippen LogP contribution in [0.3, 0.4) is 0 Å². The number of hydrogen-bond acceptors (Lipinski definition) is 3. The summed E-state index contributed by atoms with van der Waals surface area (Å²) in [5, 5.41) is 0.941. The summed E-state index contributed by atoms with van der Waals surface area (Å²) in [6, 6.07) is 5.25. The van der Waals surface area contributed by atoms with E-state index in [9.17, 15) is 4.79 Å². The van der Waals surface area contributed by atoms with Crippen molar-refractivity contribution in [1.29, 1.82) is 0 Å². The predicted octanol–water partition coefficient (Wildman–Crippen LogP) is 2.29. The summed E-state index contributed by atoms with van der Waals surface area (Å²) in [5.41, 5.74) is 2.96. The summed E-state index contributed by atoms with van der Waals surface area (Å²) in [5.74, 6) is 0.852. The minimum Gasteiger partial charge on any atom is -0.423 e. The van der Waals surface area contributed by atoms with Crippen molar-refractivity contribution in [1.82, 2.24) is 9.97 Å². The van der Waals surface area contributed by atoms with Crippen LogP contribution in [-0.2, 0) is 0 Å². The number of rotatable bonds is 0. The molecule has 0 saturated carbocycles. The van der Waals surface area contributed by atoms with Gasteiger partial charge in [0.1, 0.15) is 11.4 Å². The molecule has 0 fully saturated rings. The van der Waals surface area contributed by atoms with Crippen LogP contribution in [0.2, 0.25) is 0 Å². The molecule has 0 aliphatic carbocycles. The van der Waals surface area contributed by atoms with Crippen molar-refractivity contribution in [2.75, 3.05) is 0 Å². The summed E-state index contributed by atoms with van der Waals surface area (Å²) in [7, 11) is 0. The number of nitrogens with one attached hydrogen (secondary N) is 1. The fourth-order valence-corrected chi connectivity index (χ4v) is 1.95. The van der Waals surface area contributed by atoms with Gasteiger partial charge < -0.3 is 9.40 Å². The first-order chi connectivity index (χ1) is 7.63. The van der Waals surface area contributed by atoms with Gasteiger partial charge in [-0.25, -0.2) is 9.78 Å². The third kappa shape index (κ3) is 1.23. The van der Waals surface area contributed by atoms with Crippen LogP contribution in [0.1, 0.15) is 11.4 Å². The van der Waals surface area contributed by atoms with Crippen molar-refractivity contribution >= 4 is 22.0 Å². The summed E-state index contributed by atoms with van der Waals surface area (Å²) in [6.45, 7) is 3.79. The summed E-state index contributed by atoms with van der Waals surface area (Å²) < 4.78 is 5.15. The van der Waals surface area contributed by atoms with E-state index in [0.29, 0.717) is 5.58 Å². The zero-order valence-electron chi connectivity index (χ0n) is 9.00. The van der Waals surface area contributed by atoms with Crippen molar-refractivity contribution in [2.45, 2.75) is 13.8 Å². The topological polar surface area (TPSA) is 58.9 Å². The Labute approximate surface area is 90.9 Å². The molecule has 0 aliphatic rings. The van der Waals surface area contributed by atoms with Crippen molar-refractivity contribution in [3.8, 4) is 0 Å². The maximum atomic E-state index is 11.3. The highest BCUT2D eigenvalue weighted by Gasteiger charge is 2.06. The molecule has 3 aromatic rings. The normalized spacial score (nSPS) is 11.4. The number of aryl methyl sites for hydroxylation is 2. The van der Waals surface area contributed by atoms with Crippen molar-refractivity contribution in [2.24, 2.45) is 0 Å². The molecule has 80 valence electrons. The summed E-state index contributed by atoms with van der Waals surface area (Å²) in [4.78, 5) is 18.7. The molecule has 0 spiro atoms. The number of fused-ring (bicyclic) bond motifs is 2. The predicted molar refractivity (Wildman–Crippen MR) is 61.6 cm³/mol. The minimum atomic E-state index is -0.323. The van der Waals surface area contributed by atoms with Gasteiger partial charge in [0.05, 0.1) is 11.0 Å². The molecule has 2 heterocycles. The Morgan fingerprint density at radius 2 is 2.06 bits per heavy atom. The van der Waals surface area contributed by atoms with Gasteiger partial charge >= 0.3 is 5.63 Å². The third-order valence-electron chi connectivity index (χ3n) is 2.67. The molecule has 0 atom stereocenters. The van der Waals surface area contributed by atoms with Gasteiger partial charge in [-0.15, -0.1) is 0 Å². The quantitative estimate of drug-likeness (QED) is 0.584. The number of aromatic nitrogens is 2. The molecule has 1 N–H and O–H groups in total. The largest absolute Gasteiger partial charge is 0.423 e. The lowest BCUT2D eigenvalue weighted by Gasteiger charge is -1.99. The van der Waals surface area contributed by atoms with Gasteiger partial charge in [0.2, 0.25) is 0 Å². The first-order valence-electron chi connectivity index (χ1n) is 5.04. The van der Waals surface area contributed by atoms with E-state index in [0.717, 1.165) is 27.8 Å². The second-order valence-corrected chi connectivity index (χ2v) is 3.94. The summed E-state index contributed by atoms with van der Waals surface area (Å²) >= 11 is 0. The van der Waals surface area contributed by atoms with Crippen LogP contribution in [0.5, 0.6) is 0 Å². The fourth-order valence-electron chi connectivity index (χ4n) is 1.95. The Bertz CT molecular complexity index is 753. The number of H-pyrrole nitrogens is 1. The van der Waals surface area contributed by atoms with E-state index in [1.807, 2.05) is 19.9 Å². The number of hydrogen-bond donors (Lipinski definition) is 1. The first kappa shape index (κ1) is 9.15. The lowest BCUT2D eigenvalue weighted by Crippen LogP contribution is -1.97. The molecule has 0 unspecified atom stereocenters. The standard InChI is InChI=1S/C12H10N2O2/c1-6-3-12(15)16-11-5-10-9(4-8(6)11)13-7(2)14-10/h3-5H,1-2H3,(H,13,14). The van der Waals surface area contributed by atoms with Crippen LogP contribution in [-0.4, -0.2) is 9.97 Å². The molecule has 0 saturated heterocycles. The van der Waals surface area contributed by atoms with Gasteiger partial charge in [0, 0.05) is 17.5 Å². The van der Waals surface area contributed by atoms with Crippen molar-refractivity contribution in [3.63, 3.8) is 0 Å². The van der Waals surface area contributed by atoms with Crippen LogP contribution >= 0.6 is 0 Å². The number of nitrogens with zero attached hydrogens (tertiary/aromatic N) is 1. The Kier molecular flexibility index (Phi) is 1.68. The average Bonchev–Trinajstić information content (AvgIpc) is 2.54. The smallest absolute Gasteiger partial charge is 0.336 e. The molecule has 0 radical (unpaired) electrons. The van der Waals surface area contributed by atoms with E-state index in [4.69, 9.17) is 4.42 Å². The van der Waals surface area contributed by atoms with Crippen LogP contribution in [0.4, 0.5) is 0 Å². The minimum absolute atomic E-state index is 0.323. The van der Waals surface area contributed by atoms with Crippen LogP contribution in [0.15, 0.2) is 27.4 Å². The lowest BCUT2D eigenvalue weighted by molar-refractivity contribution is 0.560. The molecule has 1 aromatic carbocycles. The molecular weight excluding hydrogens is 204 g/mol. The highest BCUT2D eigenvalue weighted by atomic mass is 16.4. The monoisotopic (exact) mass is 214 g/mol. The molecule has 4 nitrogen and oxygen atoms in total. The van der Waals surface area contributed by atoms with E-state index in [-0.39, 0.29) is 5.63 Å². The molecule has 16 heavy (non-hydrogen) atoms. The number of imidazole rings is 1. The first-order valence-corrected chi connectivity index (χ1v) is 5.04. The van der Waals surface area contributed by atoms with E-state index >= 15 is 0 Å². The van der Waals surface area contributed by atoms with Gasteiger partial charge in [-0.2, -0.15) is 0 Å². The van der Waals surface area contributed by atoms with Gasteiger partial charge in [-0.05, 0) is 25.5 Å². The summed E-state index contributed by atoms with van der Waals surface area (Å²) in [6.07, 6.45) is 0. The van der Waals surface area contributed by atoms with E-state index in [1.54, 1.807) is 6.07 Å². The van der Waals surface area contributed by atoms with Crippen molar-refractivity contribution in [3.05, 3.63) is 40.0 Å². The number of aromatic amines is 1. The Balaban J connectivity index is 2.55. The van der Waals surface area contributed by atoms with Gasteiger partial charge in [-0.1, -0.05) is 0 Å². The number of benzene rings is 1. The SMILES string of the molecule is Cc1nc2cc3oc(=O)cc(C)c3cc2[nH]1. The van der Waals surface area contributed by atoms with E-state index < -0.39 is 0 Å². The van der Waals surface area contributed by atoms with Crippen LogP contribution in [0, 0.1) is 13.8 Å². The molecule has 0 amide bonds. The average molecular weight is 214 g/mol. The van der Waals surface area contributed by atoms with E-state index in [1.165, 1.54) is 6.07 Å². The van der Waals surface area contributed by atoms with Crippen LogP contribution < -0.4 is 5.63 Å². The highest BCUT2D eigenvalue weighted by Crippen LogP contribution is 2.22. The van der Waals surface area contributed by atoms with Crippen molar-refractivity contribution < 1.29 is 4.42 Å². The zero-order chi connectivity index (χ0) is 11.3. The Hall–Kier alpha value is -2.10. The maximum Gasteiger partial charge on any atom is 0.336 e. The second kappa shape index (κ2) is 2.95. The Morgan fingerprint density at radius 1 is 1.25 bits per heavy atom. The van der Waals surface area contributed by atoms with Gasteiger partial charge in [0.15, 0.2) is 0 Å². The molecule has 3 rings (SSSR count). The van der Waals surface area contributed by atoms with Gasteiger partial charge in [-0.3, -0.25) is 0 Å². The van der Waals surface area contributed by atoms with Crippen LogP contribution in [0.25, 0.3) is 22.0 Å². The van der Waals surface area contributed by atoms with E-state index in [2.05, 4.69) is 9.97 Å². The molecule has 2 aromatic heterocycles. The molecule has 0 bridgehead atoms. The second-order valence-electron chi connectivity index (χ2n) is 3.94. The zero-order valence-corrected chi connectivity index (χ0v) is 9.00. The fraction of sp³-hybridized carbons (Fsp3) is 0.167. The Morgan fingerprint density at radius 3 is 2.88 bits per heavy atom. The third-order valence-corrected chi connectivity index (χ3v) is 2.67. The lowest BCUT2D eigenvalue weighted by atomic mass is 10.1. The van der Waals surface area contributed by atoms with Gasteiger partial charge in [0.25, 0.3) is 0 Å².